The Labute approximate surface area is 104 Å². The summed E-state index contributed by atoms with van der Waals surface area (Å²) in [7, 11) is -3.37. The smallest absolute Gasteiger partial charge is 0.210 e. The van der Waals surface area contributed by atoms with Crippen LogP contribution in [-0.4, -0.2) is 20.7 Å². The normalized spacial score (nSPS) is 20.0. The zero-order valence-corrected chi connectivity index (χ0v) is 11.0. The Hall–Kier alpha value is -0.140. The van der Waals surface area contributed by atoms with Crippen molar-refractivity contribution < 1.29 is 8.42 Å². The number of nitrogens with two attached hydrogens (primary N) is 1. The number of nitrogens with one attached hydrogen (secondary N) is 1. The molecule has 3 N–H and O–H groups in total. The largest absolute Gasteiger partial charge is 0.309 e. The number of hydrogen-bond donors (Lipinski definition) is 2. The van der Waals surface area contributed by atoms with Crippen molar-refractivity contribution in [3.63, 3.8) is 0 Å². The number of rotatable bonds is 4. The second-order valence-electron chi connectivity index (χ2n) is 3.84. The van der Waals surface area contributed by atoms with Crippen molar-refractivity contribution in [2.75, 3.05) is 12.3 Å². The van der Waals surface area contributed by atoms with E-state index >= 15 is 0 Å². The number of fused-ring (bicyclic) bond motifs is 1. The molecule has 2 rings (SSSR count). The molecule has 0 saturated heterocycles. The van der Waals surface area contributed by atoms with E-state index in [-0.39, 0.29) is 11.8 Å². The highest BCUT2D eigenvalue weighted by Gasteiger charge is 2.24. The second kappa shape index (κ2) is 4.62. The molecule has 1 heterocycles. The summed E-state index contributed by atoms with van der Waals surface area (Å²) in [5.74, 6) is -0.0310. The van der Waals surface area contributed by atoms with Gasteiger partial charge in [-0.25, -0.2) is 13.6 Å². The standard InChI is InChI=1S/C9H13ClN2O2S2/c10-9-5-6-7(1-2-8(6)15-9)12-3-4-16(11,13)14/h5,7,12H,1-4H2,(H2,11,13,14). The average Bonchev–Trinajstić information content (AvgIpc) is 2.64. The molecule has 7 heteroatoms. The van der Waals surface area contributed by atoms with Crippen LogP contribution in [0.2, 0.25) is 4.34 Å². The molecule has 0 aromatic carbocycles. The van der Waals surface area contributed by atoms with Crippen LogP contribution in [0.1, 0.15) is 22.9 Å². The lowest BCUT2D eigenvalue weighted by Gasteiger charge is -2.11. The summed E-state index contributed by atoms with van der Waals surface area (Å²) in [6.07, 6.45) is 2.02. The molecular formula is C9H13ClN2O2S2. The predicted octanol–water partition coefficient (Wildman–Crippen LogP) is 1.27. The van der Waals surface area contributed by atoms with Crippen molar-refractivity contribution in [3.05, 3.63) is 20.8 Å². The second-order valence-corrected chi connectivity index (χ2v) is 7.34. The third-order valence-electron chi connectivity index (χ3n) is 2.62. The molecule has 1 aromatic rings. The van der Waals surface area contributed by atoms with Gasteiger partial charge in [0.1, 0.15) is 0 Å². The Bertz CT molecular complexity index is 484. The fourth-order valence-corrected chi connectivity index (χ4v) is 3.68. The van der Waals surface area contributed by atoms with Crippen LogP contribution in [0.5, 0.6) is 0 Å². The van der Waals surface area contributed by atoms with Crippen LogP contribution in [0.15, 0.2) is 6.07 Å². The number of halogens is 1. The summed E-state index contributed by atoms with van der Waals surface area (Å²) < 4.78 is 22.3. The van der Waals surface area contributed by atoms with Crippen LogP contribution >= 0.6 is 22.9 Å². The first kappa shape index (κ1) is 12.3. The summed E-state index contributed by atoms with van der Waals surface area (Å²) in [5.41, 5.74) is 1.21. The molecule has 1 aliphatic carbocycles. The number of sulfonamides is 1. The van der Waals surface area contributed by atoms with Crippen LogP contribution in [0.4, 0.5) is 0 Å². The Kier molecular flexibility index (Phi) is 3.56. The molecule has 0 bridgehead atoms. The van der Waals surface area contributed by atoms with Gasteiger partial charge in [-0.15, -0.1) is 11.3 Å². The Morgan fingerprint density at radius 3 is 3.06 bits per heavy atom. The highest BCUT2D eigenvalue weighted by molar-refractivity contribution is 7.89. The minimum absolute atomic E-state index is 0.0310. The summed E-state index contributed by atoms with van der Waals surface area (Å²) in [4.78, 5) is 1.30. The molecule has 1 aliphatic rings. The third-order valence-corrected chi connectivity index (χ3v) is 4.74. The van der Waals surface area contributed by atoms with Gasteiger partial charge in [-0.1, -0.05) is 11.6 Å². The minimum atomic E-state index is -3.37. The lowest BCUT2D eigenvalue weighted by atomic mass is 10.2. The SMILES string of the molecule is NS(=O)(=O)CCNC1CCc2sc(Cl)cc21. The average molecular weight is 281 g/mol. The van der Waals surface area contributed by atoms with E-state index in [4.69, 9.17) is 16.7 Å². The molecule has 1 aromatic heterocycles. The fraction of sp³-hybridized carbons (Fsp3) is 0.556. The predicted molar refractivity (Wildman–Crippen MR) is 66.4 cm³/mol. The van der Waals surface area contributed by atoms with Gasteiger partial charge in [-0.3, -0.25) is 0 Å². The monoisotopic (exact) mass is 280 g/mol. The zero-order valence-electron chi connectivity index (χ0n) is 8.57. The van der Waals surface area contributed by atoms with Gasteiger partial charge >= 0.3 is 0 Å². The molecular weight excluding hydrogens is 268 g/mol. The van der Waals surface area contributed by atoms with Gasteiger partial charge < -0.3 is 5.32 Å². The van der Waals surface area contributed by atoms with E-state index < -0.39 is 10.0 Å². The van der Waals surface area contributed by atoms with E-state index in [0.29, 0.717) is 6.54 Å². The molecule has 16 heavy (non-hydrogen) atoms. The van der Waals surface area contributed by atoms with E-state index in [2.05, 4.69) is 5.32 Å². The van der Waals surface area contributed by atoms with Crippen LogP contribution in [0.3, 0.4) is 0 Å². The minimum Gasteiger partial charge on any atom is -0.309 e. The molecule has 0 aliphatic heterocycles. The maximum absolute atomic E-state index is 10.8. The van der Waals surface area contributed by atoms with Gasteiger partial charge in [0.25, 0.3) is 0 Å². The van der Waals surface area contributed by atoms with E-state index in [1.54, 1.807) is 11.3 Å². The van der Waals surface area contributed by atoms with Crippen LogP contribution in [0, 0.1) is 0 Å². The first-order chi connectivity index (χ1) is 7.46. The Morgan fingerprint density at radius 1 is 1.62 bits per heavy atom. The van der Waals surface area contributed by atoms with Crippen molar-refractivity contribution in [3.8, 4) is 0 Å². The van der Waals surface area contributed by atoms with Crippen LogP contribution in [-0.2, 0) is 16.4 Å². The maximum atomic E-state index is 10.8. The van der Waals surface area contributed by atoms with E-state index in [1.807, 2.05) is 6.07 Å². The molecule has 90 valence electrons. The summed E-state index contributed by atoms with van der Waals surface area (Å²) in [6, 6.07) is 2.18. The third kappa shape index (κ3) is 2.95. The molecule has 0 amide bonds. The molecule has 1 unspecified atom stereocenters. The number of hydrogen-bond acceptors (Lipinski definition) is 4. The maximum Gasteiger partial charge on any atom is 0.210 e. The number of primary sulfonamides is 1. The Morgan fingerprint density at radius 2 is 2.38 bits per heavy atom. The molecule has 4 nitrogen and oxygen atoms in total. The van der Waals surface area contributed by atoms with Gasteiger partial charge in [0.2, 0.25) is 10.0 Å². The summed E-state index contributed by atoms with van der Waals surface area (Å²) in [5, 5.41) is 8.13. The topological polar surface area (TPSA) is 72.2 Å². The van der Waals surface area contributed by atoms with E-state index in [0.717, 1.165) is 17.2 Å². The highest BCUT2D eigenvalue weighted by Crippen LogP contribution is 2.39. The highest BCUT2D eigenvalue weighted by atomic mass is 35.5. The van der Waals surface area contributed by atoms with Gasteiger partial charge in [-0.2, -0.15) is 0 Å². The first-order valence-electron chi connectivity index (χ1n) is 4.97. The van der Waals surface area contributed by atoms with Crippen molar-refractivity contribution in [2.24, 2.45) is 5.14 Å². The van der Waals surface area contributed by atoms with Gasteiger partial charge in [0, 0.05) is 17.5 Å². The molecule has 0 radical (unpaired) electrons. The van der Waals surface area contributed by atoms with Gasteiger partial charge in [0.15, 0.2) is 0 Å². The number of aryl methyl sites for hydroxylation is 1. The van der Waals surface area contributed by atoms with Gasteiger partial charge in [0.05, 0.1) is 10.1 Å². The van der Waals surface area contributed by atoms with Crippen LogP contribution in [0.25, 0.3) is 0 Å². The number of thiophene rings is 1. The lowest BCUT2D eigenvalue weighted by molar-refractivity contribution is 0.542. The van der Waals surface area contributed by atoms with Crippen molar-refractivity contribution in [2.45, 2.75) is 18.9 Å². The zero-order chi connectivity index (χ0) is 11.8. The van der Waals surface area contributed by atoms with Crippen LogP contribution < -0.4 is 10.5 Å². The first-order valence-corrected chi connectivity index (χ1v) is 7.88. The molecule has 0 spiro atoms. The summed E-state index contributed by atoms with van der Waals surface area (Å²) >= 11 is 7.53. The van der Waals surface area contributed by atoms with Crippen molar-refractivity contribution in [1.82, 2.24) is 5.32 Å². The Balaban J connectivity index is 1.93. The van der Waals surface area contributed by atoms with Crippen molar-refractivity contribution in [1.29, 1.82) is 0 Å². The molecule has 0 saturated carbocycles. The molecule has 1 atom stereocenters. The fourth-order valence-electron chi connectivity index (χ4n) is 1.92. The summed E-state index contributed by atoms with van der Waals surface area (Å²) in [6.45, 7) is 0.385. The lowest BCUT2D eigenvalue weighted by Crippen LogP contribution is -2.29. The van der Waals surface area contributed by atoms with Gasteiger partial charge in [-0.05, 0) is 24.5 Å². The van der Waals surface area contributed by atoms with Crippen molar-refractivity contribution >= 4 is 33.0 Å². The van der Waals surface area contributed by atoms with E-state index in [1.165, 1.54) is 10.4 Å². The molecule has 0 fully saturated rings. The quantitative estimate of drug-likeness (QED) is 0.872. The van der Waals surface area contributed by atoms with E-state index in [9.17, 15) is 8.42 Å².